The molecule has 0 unspecified atom stereocenters. The second kappa shape index (κ2) is 9.67. The van der Waals surface area contributed by atoms with E-state index in [-0.39, 0.29) is 23.7 Å². The molecule has 2 rings (SSSR count). The van der Waals surface area contributed by atoms with Crippen molar-refractivity contribution in [3.05, 3.63) is 29.3 Å². The number of amides is 2. The summed E-state index contributed by atoms with van der Waals surface area (Å²) in [5.74, 6) is 0.248. The van der Waals surface area contributed by atoms with Crippen molar-refractivity contribution < 1.29 is 9.59 Å². The van der Waals surface area contributed by atoms with Crippen molar-refractivity contribution in [3.8, 4) is 0 Å². The zero-order valence-electron chi connectivity index (χ0n) is 14.3. The molecule has 4 nitrogen and oxygen atoms in total. The molecular weight excluding hydrogens is 324 g/mol. The highest BCUT2D eigenvalue weighted by atomic mass is 35.5. The van der Waals surface area contributed by atoms with E-state index >= 15 is 0 Å². The minimum absolute atomic E-state index is 0.00943. The zero-order chi connectivity index (χ0) is 17.4. The predicted octanol–water partition coefficient (Wildman–Crippen LogP) is 4.39. The van der Waals surface area contributed by atoms with Gasteiger partial charge in [-0.05, 0) is 56.4 Å². The SMILES string of the molecule is CCCCCNC(=O)C1CCC(C(=O)Nc2ccc(Cl)cc2)CC1. The van der Waals surface area contributed by atoms with E-state index < -0.39 is 0 Å². The van der Waals surface area contributed by atoms with E-state index in [2.05, 4.69) is 17.6 Å². The lowest BCUT2D eigenvalue weighted by Gasteiger charge is -2.27. The minimum Gasteiger partial charge on any atom is -0.356 e. The number of hydrogen-bond acceptors (Lipinski definition) is 2. The molecule has 1 aromatic carbocycles. The fourth-order valence-electron chi connectivity index (χ4n) is 3.13. The van der Waals surface area contributed by atoms with E-state index in [4.69, 9.17) is 11.6 Å². The Morgan fingerprint density at radius 1 is 1.00 bits per heavy atom. The van der Waals surface area contributed by atoms with Gasteiger partial charge in [-0.25, -0.2) is 0 Å². The maximum Gasteiger partial charge on any atom is 0.227 e. The number of nitrogens with one attached hydrogen (secondary N) is 2. The van der Waals surface area contributed by atoms with Crippen LogP contribution in [0.3, 0.4) is 0 Å². The third kappa shape index (κ3) is 5.82. The van der Waals surface area contributed by atoms with Gasteiger partial charge in [-0.1, -0.05) is 31.4 Å². The molecule has 0 spiro atoms. The van der Waals surface area contributed by atoms with Crippen LogP contribution in [0.1, 0.15) is 51.9 Å². The fraction of sp³-hybridized carbons (Fsp3) is 0.579. The van der Waals surface area contributed by atoms with Crippen LogP contribution in [0.4, 0.5) is 5.69 Å². The van der Waals surface area contributed by atoms with Gasteiger partial charge in [-0.2, -0.15) is 0 Å². The lowest BCUT2D eigenvalue weighted by atomic mass is 9.81. The highest BCUT2D eigenvalue weighted by Gasteiger charge is 2.29. The molecular formula is C19H27ClN2O2. The average molecular weight is 351 g/mol. The van der Waals surface area contributed by atoms with Crippen LogP contribution in [0.25, 0.3) is 0 Å². The number of carbonyl (C=O) groups excluding carboxylic acids is 2. The fourth-order valence-corrected chi connectivity index (χ4v) is 3.25. The molecule has 24 heavy (non-hydrogen) atoms. The van der Waals surface area contributed by atoms with Gasteiger partial charge in [0.1, 0.15) is 0 Å². The number of unbranched alkanes of at least 4 members (excludes halogenated alkanes) is 2. The van der Waals surface area contributed by atoms with Crippen LogP contribution in [0.5, 0.6) is 0 Å². The molecule has 5 heteroatoms. The smallest absolute Gasteiger partial charge is 0.227 e. The van der Waals surface area contributed by atoms with Crippen LogP contribution in [0.2, 0.25) is 5.02 Å². The number of benzene rings is 1. The third-order valence-electron chi connectivity index (χ3n) is 4.66. The molecule has 1 saturated carbocycles. The normalized spacial score (nSPS) is 20.4. The average Bonchev–Trinajstić information content (AvgIpc) is 2.60. The number of carbonyl (C=O) groups is 2. The Hall–Kier alpha value is -1.55. The van der Waals surface area contributed by atoms with Crippen molar-refractivity contribution in [1.29, 1.82) is 0 Å². The van der Waals surface area contributed by atoms with Crippen molar-refractivity contribution in [3.63, 3.8) is 0 Å². The van der Waals surface area contributed by atoms with E-state index in [1.165, 1.54) is 0 Å². The summed E-state index contributed by atoms with van der Waals surface area (Å²) in [4.78, 5) is 24.5. The van der Waals surface area contributed by atoms with E-state index in [0.717, 1.165) is 57.2 Å². The summed E-state index contributed by atoms with van der Waals surface area (Å²) >= 11 is 5.85. The predicted molar refractivity (Wildman–Crippen MR) is 98.1 cm³/mol. The molecule has 0 radical (unpaired) electrons. The molecule has 0 aliphatic heterocycles. The van der Waals surface area contributed by atoms with Crippen molar-refractivity contribution in [2.24, 2.45) is 11.8 Å². The number of rotatable bonds is 7. The van der Waals surface area contributed by atoms with Crippen molar-refractivity contribution in [2.75, 3.05) is 11.9 Å². The first-order valence-electron chi connectivity index (χ1n) is 8.94. The molecule has 2 amide bonds. The first kappa shape index (κ1) is 18.8. The molecule has 2 N–H and O–H groups in total. The molecule has 132 valence electrons. The number of hydrogen-bond donors (Lipinski definition) is 2. The van der Waals surface area contributed by atoms with Gasteiger partial charge in [0, 0.05) is 29.1 Å². The summed E-state index contributed by atoms with van der Waals surface area (Å²) in [5.41, 5.74) is 0.764. The Balaban J connectivity index is 1.72. The molecule has 0 saturated heterocycles. The van der Waals surface area contributed by atoms with Crippen molar-refractivity contribution in [2.45, 2.75) is 51.9 Å². The summed E-state index contributed by atoms with van der Waals surface area (Å²) in [6.45, 7) is 2.92. The van der Waals surface area contributed by atoms with Gasteiger partial charge in [0.15, 0.2) is 0 Å². The second-order valence-corrected chi connectivity index (χ2v) is 6.98. The largest absolute Gasteiger partial charge is 0.356 e. The Morgan fingerprint density at radius 3 is 2.17 bits per heavy atom. The summed E-state index contributed by atoms with van der Waals surface area (Å²) in [6.07, 6.45) is 6.47. The molecule has 0 heterocycles. The summed E-state index contributed by atoms with van der Waals surface area (Å²) in [6, 6.07) is 7.12. The van der Waals surface area contributed by atoms with Gasteiger partial charge >= 0.3 is 0 Å². The van der Waals surface area contributed by atoms with Gasteiger partial charge in [0.25, 0.3) is 0 Å². The van der Waals surface area contributed by atoms with Crippen molar-refractivity contribution in [1.82, 2.24) is 5.32 Å². The monoisotopic (exact) mass is 350 g/mol. The van der Waals surface area contributed by atoms with Crippen LogP contribution < -0.4 is 10.6 Å². The number of halogens is 1. The van der Waals surface area contributed by atoms with E-state index in [1.807, 2.05) is 0 Å². The van der Waals surface area contributed by atoms with Crippen LogP contribution >= 0.6 is 11.6 Å². The van der Waals surface area contributed by atoms with Gasteiger partial charge in [0.05, 0.1) is 0 Å². The maximum atomic E-state index is 12.3. The Labute approximate surface area is 149 Å². The first-order valence-corrected chi connectivity index (χ1v) is 9.32. The van der Waals surface area contributed by atoms with Gasteiger partial charge in [-0.3, -0.25) is 9.59 Å². The molecule has 1 aliphatic carbocycles. The molecule has 0 atom stereocenters. The van der Waals surface area contributed by atoms with Gasteiger partial charge < -0.3 is 10.6 Å². The standard InChI is InChI=1S/C19H27ClN2O2/c1-2-3-4-13-21-18(23)14-5-7-15(8-6-14)19(24)22-17-11-9-16(20)10-12-17/h9-12,14-15H,2-8,13H2,1H3,(H,21,23)(H,22,24). The Kier molecular flexibility index (Phi) is 7.57. The van der Waals surface area contributed by atoms with Crippen LogP contribution in [-0.2, 0) is 9.59 Å². The van der Waals surface area contributed by atoms with Crippen LogP contribution in [-0.4, -0.2) is 18.4 Å². The second-order valence-electron chi connectivity index (χ2n) is 6.54. The molecule has 0 bridgehead atoms. The first-order chi connectivity index (χ1) is 11.6. The highest BCUT2D eigenvalue weighted by Crippen LogP contribution is 2.30. The Bertz CT molecular complexity index is 537. The molecule has 1 fully saturated rings. The number of anilines is 1. The summed E-state index contributed by atoms with van der Waals surface area (Å²) < 4.78 is 0. The minimum atomic E-state index is -0.00943. The molecule has 1 aliphatic rings. The van der Waals surface area contributed by atoms with Crippen molar-refractivity contribution >= 4 is 29.1 Å². The van der Waals surface area contributed by atoms with Crippen LogP contribution in [0, 0.1) is 11.8 Å². The lowest BCUT2D eigenvalue weighted by Crippen LogP contribution is -2.35. The molecule has 1 aromatic rings. The third-order valence-corrected chi connectivity index (χ3v) is 4.91. The quantitative estimate of drug-likeness (QED) is 0.716. The van der Waals surface area contributed by atoms with E-state index in [0.29, 0.717) is 5.02 Å². The van der Waals surface area contributed by atoms with Gasteiger partial charge in [0.2, 0.25) is 11.8 Å². The zero-order valence-corrected chi connectivity index (χ0v) is 15.1. The Morgan fingerprint density at radius 2 is 1.58 bits per heavy atom. The van der Waals surface area contributed by atoms with Crippen LogP contribution in [0.15, 0.2) is 24.3 Å². The van der Waals surface area contributed by atoms with Gasteiger partial charge in [-0.15, -0.1) is 0 Å². The highest BCUT2D eigenvalue weighted by molar-refractivity contribution is 6.30. The lowest BCUT2D eigenvalue weighted by molar-refractivity contribution is -0.128. The summed E-state index contributed by atoms with van der Waals surface area (Å²) in [5, 5.41) is 6.61. The molecule has 0 aromatic heterocycles. The topological polar surface area (TPSA) is 58.2 Å². The van der Waals surface area contributed by atoms with E-state index in [1.54, 1.807) is 24.3 Å². The maximum absolute atomic E-state index is 12.3. The van der Waals surface area contributed by atoms with E-state index in [9.17, 15) is 9.59 Å². The summed E-state index contributed by atoms with van der Waals surface area (Å²) in [7, 11) is 0.